The quantitative estimate of drug-likeness (QED) is 0.756. The third-order valence-corrected chi connectivity index (χ3v) is 6.81. The zero-order valence-electron chi connectivity index (χ0n) is 15.6. The zero-order valence-corrected chi connectivity index (χ0v) is 15.6. The van der Waals surface area contributed by atoms with Crippen molar-refractivity contribution in [2.24, 2.45) is 5.92 Å². The van der Waals surface area contributed by atoms with Gasteiger partial charge in [0.25, 0.3) is 0 Å². The molecule has 1 aromatic carbocycles. The molecule has 5 fully saturated rings. The molecule has 1 N–H and O–H groups in total. The minimum Gasteiger partial charge on any atom is -0.488 e. The molecule has 7 nitrogen and oxygen atoms in total. The smallest absolute Gasteiger partial charge is 0.133 e. The molecule has 2 aromatic heterocycles. The first-order chi connectivity index (χ1) is 13.7. The number of nitrogens with zero attached hydrogens (tertiary/aromatic N) is 4. The highest BCUT2D eigenvalue weighted by Gasteiger charge is 2.65. The van der Waals surface area contributed by atoms with Gasteiger partial charge in [0.1, 0.15) is 29.2 Å². The fourth-order valence-electron chi connectivity index (χ4n) is 5.00. The minimum absolute atomic E-state index is 0.00238. The number of rotatable bonds is 4. The Bertz CT molecular complexity index is 1100. The third kappa shape index (κ3) is 2.11. The van der Waals surface area contributed by atoms with Gasteiger partial charge in [0.2, 0.25) is 0 Å². The second-order valence-electron chi connectivity index (χ2n) is 8.84. The summed E-state index contributed by atoms with van der Waals surface area (Å²) in [6.45, 7) is 2.96. The fourth-order valence-corrected chi connectivity index (χ4v) is 5.00. The van der Waals surface area contributed by atoms with Crippen molar-refractivity contribution in [3.63, 3.8) is 0 Å². The number of hydrogen-bond acceptors (Lipinski definition) is 6. The number of benzene rings is 1. The first-order valence-electron chi connectivity index (χ1n) is 10.1. The van der Waals surface area contributed by atoms with Crippen molar-refractivity contribution in [2.75, 3.05) is 11.5 Å². The summed E-state index contributed by atoms with van der Waals surface area (Å²) in [5.74, 6) is 2.56. The molecule has 5 heterocycles. The van der Waals surface area contributed by atoms with Crippen molar-refractivity contribution in [3.05, 3.63) is 30.6 Å². The van der Waals surface area contributed by atoms with Gasteiger partial charge in [-0.15, -0.1) is 0 Å². The largest absolute Gasteiger partial charge is 0.488 e. The number of aromatic nitrogens is 4. The van der Waals surface area contributed by atoms with Gasteiger partial charge in [-0.1, -0.05) is 0 Å². The predicted molar refractivity (Wildman–Crippen MR) is 103 cm³/mol. The van der Waals surface area contributed by atoms with Gasteiger partial charge in [0, 0.05) is 17.4 Å². The molecule has 8 rings (SSSR count). The van der Waals surface area contributed by atoms with E-state index in [9.17, 15) is 0 Å². The van der Waals surface area contributed by atoms with E-state index in [1.54, 1.807) is 6.33 Å². The van der Waals surface area contributed by atoms with Crippen molar-refractivity contribution in [1.29, 1.82) is 0 Å². The van der Waals surface area contributed by atoms with E-state index >= 15 is 0 Å². The van der Waals surface area contributed by atoms with Crippen LogP contribution >= 0.6 is 0 Å². The van der Waals surface area contributed by atoms with Crippen LogP contribution in [0.4, 0.5) is 5.82 Å². The van der Waals surface area contributed by atoms with E-state index in [2.05, 4.69) is 44.1 Å². The second kappa shape index (κ2) is 5.03. The summed E-state index contributed by atoms with van der Waals surface area (Å²) in [6, 6.07) is 9.12. The van der Waals surface area contributed by atoms with Crippen LogP contribution in [0.2, 0.25) is 0 Å². The first-order valence-corrected chi connectivity index (χ1v) is 10.1. The summed E-state index contributed by atoms with van der Waals surface area (Å²) in [5.41, 5.74) is 2.67. The van der Waals surface area contributed by atoms with E-state index in [-0.39, 0.29) is 5.60 Å². The van der Waals surface area contributed by atoms with Crippen LogP contribution < -0.4 is 9.64 Å². The topological polar surface area (TPSA) is 76.2 Å². The van der Waals surface area contributed by atoms with E-state index in [0.717, 1.165) is 53.3 Å². The Morgan fingerprint density at radius 2 is 2.18 bits per heavy atom. The van der Waals surface area contributed by atoms with Crippen LogP contribution in [0.3, 0.4) is 0 Å². The number of morpholine rings is 1. The van der Waals surface area contributed by atoms with Crippen LogP contribution in [0.15, 0.2) is 30.6 Å². The van der Waals surface area contributed by atoms with E-state index in [1.165, 1.54) is 6.42 Å². The van der Waals surface area contributed by atoms with Crippen LogP contribution in [-0.4, -0.2) is 50.6 Å². The molecule has 5 aliphatic rings. The predicted octanol–water partition coefficient (Wildman–Crippen LogP) is 2.93. The number of aromatic amines is 1. The summed E-state index contributed by atoms with van der Waals surface area (Å²) in [5, 5.41) is 8.71. The highest BCUT2D eigenvalue weighted by atomic mass is 16.5. The number of ether oxygens (including phenoxy) is 2. The maximum Gasteiger partial charge on any atom is 0.133 e. The number of piperidine rings is 1. The summed E-state index contributed by atoms with van der Waals surface area (Å²) in [7, 11) is 0. The van der Waals surface area contributed by atoms with Crippen molar-refractivity contribution in [2.45, 2.75) is 50.0 Å². The van der Waals surface area contributed by atoms with Crippen molar-refractivity contribution < 1.29 is 9.47 Å². The number of hydrogen-bond donors (Lipinski definition) is 1. The molecule has 7 heteroatoms. The Kier molecular flexibility index (Phi) is 2.74. The Hall–Kier alpha value is -2.67. The lowest BCUT2D eigenvalue weighted by molar-refractivity contribution is 0.0465. The highest BCUT2D eigenvalue weighted by molar-refractivity contribution is 5.93. The van der Waals surface area contributed by atoms with Crippen LogP contribution in [0, 0.1) is 5.92 Å². The van der Waals surface area contributed by atoms with E-state index in [4.69, 9.17) is 9.47 Å². The normalized spacial score (nSPS) is 31.2. The van der Waals surface area contributed by atoms with Gasteiger partial charge in [-0.05, 0) is 44.4 Å². The summed E-state index contributed by atoms with van der Waals surface area (Å²) >= 11 is 0. The second-order valence-corrected chi connectivity index (χ2v) is 8.84. The van der Waals surface area contributed by atoms with Gasteiger partial charge in [0.05, 0.1) is 36.0 Å². The lowest BCUT2D eigenvalue weighted by Crippen LogP contribution is -2.44. The average Bonchev–Trinajstić information content (AvgIpc) is 3.53. The fraction of sp³-hybridized carbons (Fsp3) is 0.476. The van der Waals surface area contributed by atoms with Gasteiger partial charge < -0.3 is 14.4 Å². The zero-order chi connectivity index (χ0) is 18.5. The average molecular weight is 375 g/mol. The molecule has 2 aliphatic carbocycles. The standard InChI is InChI=1S/C21H21N5O2/c1-21(4-5-21)28-12-2-3-15-13(7-12)18(25-24-15)16-8-17(23-10-22-16)26-11-6-14-19(26)20(14)27-9-11/h2-3,7-8,10-11,14,19-20H,4-6,9H2,1H3,(H,24,25)/t11?,14-,19?,20?/m1/s1. The first kappa shape index (κ1) is 15.3. The van der Waals surface area contributed by atoms with Crippen LogP contribution in [0.5, 0.6) is 5.75 Å². The Morgan fingerprint density at radius 1 is 1.25 bits per heavy atom. The van der Waals surface area contributed by atoms with Crippen molar-refractivity contribution in [3.8, 4) is 17.1 Å². The van der Waals surface area contributed by atoms with E-state index in [1.807, 2.05) is 12.1 Å². The van der Waals surface area contributed by atoms with Gasteiger partial charge in [-0.25, -0.2) is 9.97 Å². The molecular formula is C21H21N5O2. The molecule has 4 atom stereocenters. The van der Waals surface area contributed by atoms with Gasteiger partial charge in [-0.2, -0.15) is 5.10 Å². The maximum absolute atomic E-state index is 6.14. The molecule has 0 spiro atoms. The lowest BCUT2D eigenvalue weighted by Gasteiger charge is -2.34. The SMILES string of the molecule is CC1(Oc2ccc3[nH]nc(-c4cc(N5C6COC7C5[C@H]7C6)ncn4)c3c2)CC1. The summed E-state index contributed by atoms with van der Waals surface area (Å²) in [4.78, 5) is 11.6. The Balaban J connectivity index is 1.27. The number of anilines is 1. The Morgan fingerprint density at radius 3 is 2.96 bits per heavy atom. The minimum atomic E-state index is -0.00238. The van der Waals surface area contributed by atoms with Crippen LogP contribution in [-0.2, 0) is 4.74 Å². The molecule has 0 amide bonds. The number of fused-ring (bicyclic) bond motifs is 2. The molecule has 4 bridgehead atoms. The molecule has 142 valence electrons. The highest BCUT2D eigenvalue weighted by Crippen LogP contribution is 2.55. The Labute approximate surface area is 162 Å². The van der Waals surface area contributed by atoms with Crippen LogP contribution in [0.1, 0.15) is 26.2 Å². The van der Waals surface area contributed by atoms with E-state index < -0.39 is 0 Å². The molecule has 3 unspecified atom stereocenters. The monoisotopic (exact) mass is 375 g/mol. The number of H-pyrrole nitrogens is 1. The molecule has 2 saturated carbocycles. The summed E-state index contributed by atoms with van der Waals surface area (Å²) in [6.07, 6.45) is 5.50. The van der Waals surface area contributed by atoms with Gasteiger partial charge in [0.15, 0.2) is 0 Å². The molecular weight excluding hydrogens is 354 g/mol. The number of nitrogens with one attached hydrogen (secondary N) is 1. The maximum atomic E-state index is 6.14. The molecule has 28 heavy (non-hydrogen) atoms. The van der Waals surface area contributed by atoms with Crippen LogP contribution in [0.25, 0.3) is 22.3 Å². The van der Waals surface area contributed by atoms with Gasteiger partial charge in [-0.3, -0.25) is 5.10 Å². The van der Waals surface area contributed by atoms with Crippen molar-refractivity contribution >= 4 is 16.7 Å². The van der Waals surface area contributed by atoms with E-state index in [0.29, 0.717) is 24.1 Å². The third-order valence-electron chi connectivity index (χ3n) is 6.81. The molecule has 3 aliphatic heterocycles. The van der Waals surface area contributed by atoms with Crippen molar-refractivity contribution in [1.82, 2.24) is 20.2 Å². The lowest BCUT2D eigenvalue weighted by atomic mass is 10.1. The molecule has 3 aromatic rings. The summed E-state index contributed by atoms with van der Waals surface area (Å²) < 4.78 is 12.0. The van der Waals surface area contributed by atoms with Gasteiger partial charge >= 0.3 is 0 Å². The molecule has 0 radical (unpaired) electrons. The molecule has 3 saturated heterocycles.